The zero-order valence-electron chi connectivity index (χ0n) is 10.1. The highest BCUT2D eigenvalue weighted by atomic mass is 19.4. The molecule has 0 aliphatic heterocycles. The summed E-state index contributed by atoms with van der Waals surface area (Å²) >= 11 is 0. The van der Waals surface area contributed by atoms with Crippen LogP contribution in [0.15, 0.2) is 18.2 Å². The summed E-state index contributed by atoms with van der Waals surface area (Å²) in [6, 6.07) is 2.37. The molecule has 1 rings (SSSR count). The lowest BCUT2D eigenvalue weighted by atomic mass is 10.0. The van der Waals surface area contributed by atoms with Gasteiger partial charge in [-0.05, 0) is 18.2 Å². The maximum absolute atomic E-state index is 12.2. The van der Waals surface area contributed by atoms with Crippen molar-refractivity contribution in [1.29, 1.82) is 0 Å². The molecule has 1 aromatic rings. The summed E-state index contributed by atoms with van der Waals surface area (Å²) in [4.78, 5) is 11.1. The molecule has 0 saturated carbocycles. The molecule has 0 radical (unpaired) electrons. The van der Waals surface area contributed by atoms with Crippen LogP contribution in [-0.4, -0.2) is 40.9 Å². The number of alkyl halides is 3. The third kappa shape index (κ3) is 4.00. The molecule has 112 valence electrons. The summed E-state index contributed by atoms with van der Waals surface area (Å²) < 4.78 is 44.4. The molecular formula is C11H11F3O6. The fraction of sp³-hybridized carbons (Fsp3) is 0.364. The standard InChI is InChI=1S/C11H11F3O6/c1-19-10(18)9(17)8(16)6-4-5(15)2-3-7(6)20-11(12,13)14/h2-4,8-9,15-17H,1H3. The molecule has 0 saturated heterocycles. The Bertz CT molecular complexity index is 488. The topological polar surface area (TPSA) is 96.2 Å². The number of halogens is 3. The van der Waals surface area contributed by atoms with E-state index in [4.69, 9.17) is 0 Å². The van der Waals surface area contributed by atoms with Crippen LogP contribution in [0.1, 0.15) is 11.7 Å². The zero-order valence-corrected chi connectivity index (χ0v) is 10.1. The lowest BCUT2D eigenvalue weighted by Gasteiger charge is -2.20. The van der Waals surface area contributed by atoms with Gasteiger partial charge in [-0.1, -0.05) is 0 Å². The van der Waals surface area contributed by atoms with E-state index in [-0.39, 0.29) is 0 Å². The minimum absolute atomic E-state index is 0.481. The molecule has 0 fully saturated rings. The van der Waals surface area contributed by atoms with Crippen molar-refractivity contribution in [1.82, 2.24) is 0 Å². The molecular weight excluding hydrogens is 285 g/mol. The average molecular weight is 296 g/mol. The second-order valence-corrected chi connectivity index (χ2v) is 3.68. The van der Waals surface area contributed by atoms with E-state index in [0.717, 1.165) is 25.3 Å². The molecule has 0 aliphatic carbocycles. The van der Waals surface area contributed by atoms with Crippen LogP contribution in [0.2, 0.25) is 0 Å². The number of carbonyl (C=O) groups excluding carboxylic acids is 1. The van der Waals surface area contributed by atoms with E-state index < -0.39 is 41.6 Å². The monoisotopic (exact) mass is 296 g/mol. The van der Waals surface area contributed by atoms with E-state index in [1.165, 1.54) is 0 Å². The minimum Gasteiger partial charge on any atom is -0.508 e. The Morgan fingerprint density at radius 2 is 1.90 bits per heavy atom. The van der Waals surface area contributed by atoms with Crippen LogP contribution in [0.3, 0.4) is 0 Å². The van der Waals surface area contributed by atoms with Gasteiger partial charge in [-0.3, -0.25) is 0 Å². The van der Waals surface area contributed by atoms with E-state index in [9.17, 15) is 33.3 Å². The lowest BCUT2D eigenvalue weighted by molar-refractivity contribution is -0.275. The van der Waals surface area contributed by atoms with Crippen LogP contribution in [0.4, 0.5) is 13.2 Å². The Labute approximate surface area is 111 Å². The molecule has 0 aromatic heterocycles. The van der Waals surface area contributed by atoms with Crippen molar-refractivity contribution in [3.8, 4) is 11.5 Å². The molecule has 3 N–H and O–H groups in total. The van der Waals surface area contributed by atoms with Gasteiger partial charge in [0.15, 0.2) is 6.10 Å². The predicted octanol–water partition coefficient (Wildman–Crippen LogP) is 0.858. The first-order chi connectivity index (χ1) is 9.15. The number of phenolic OH excluding ortho intramolecular Hbond substituents is 1. The van der Waals surface area contributed by atoms with Crippen molar-refractivity contribution < 1.29 is 42.8 Å². The van der Waals surface area contributed by atoms with E-state index in [1.807, 2.05) is 0 Å². The Morgan fingerprint density at radius 3 is 2.40 bits per heavy atom. The third-order valence-corrected chi connectivity index (χ3v) is 2.28. The minimum atomic E-state index is -5.04. The number of phenols is 1. The van der Waals surface area contributed by atoms with Gasteiger partial charge in [0, 0.05) is 5.56 Å². The smallest absolute Gasteiger partial charge is 0.508 e. The molecule has 2 unspecified atom stereocenters. The third-order valence-electron chi connectivity index (χ3n) is 2.28. The quantitative estimate of drug-likeness (QED) is 0.713. The number of ether oxygens (including phenoxy) is 2. The van der Waals surface area contributed by atoms with Gasteiger partial charge < -0.3 is 24.8 Å². The van der Waals surface area contributed by atoms with Gasteiger partial charge in [-0.25, -0.2) is 4.79 Å². The second kappa shape index (κ2) is 5.97. The van der Waals surface area contributed by atoms with E-state index in [0.29, 0.717) is 0 Å². The Kier molecular flexibility index (Phi) is 4.79. The second-order valence-electron chi connectivity index (χ2n) is 3.68. The van der Waals surface area contributed by atoms with Crippen molar-refractivity contribution in [2.45, 2.75) is 18.6 Å². The first-order valence-electron chi connectivity index (χ1n) is 5.18. The molecule has 0 spiro atoms. The Hall–Kier alpha value is -2.00. The van der Waals surface area contributed by atoms with Gasteiger partial charge in [0.1, 0.15) is 17.6 Å². The summed E-state index contributed by atoms with van der Waals surface area (Å²) in [7, 11) is 0.924. The number of methoxy groups -OCH3 is 1. The Balaban J connectivity index is 3.14. The fourth-order valence-electron chi connectivity index (χ4n) is 1.40. The van der Waals surface area contributed by atoms with Crippen molar-refractivity contribution in [3.05, 3.63) is 23.8 Å². The van der Waals surface area contributed by atoms with Crippen molar-refractivity contribution in [2.24, 2.45) is 0 Å². The van der Waals surface area contributed by atoms with Crippen molar-refractivity contribution in [2.75, 3.05) is 7.11 Å². The number of benzene rings is 1. The summed E-state index contributed by atoms with van der Waals surface area (Å²) in [5, 5.41) is 28.3. The molecule has 9 heteroatoms. The molecule has 0 aliphatic rings. The molecule has 1 aromatic carbocycles. The molecule has 0 bridgehead atoms. The summed E-state index contributed by atoms with van der Waals surface area (Å²) in [6.07, 6.45) is -9.23. The first-order valence-corrected chi connectivity index (χ1v) is 5.18. The van der Waals surface area contributed by atoms with Gasteiger partial charge in [-0.2, -0.15) is 0 Å². The SMILES string of the molecule is COC(=O)C(O)C(O)c1cc(O)ccc1OC(F)(F)F. The molecule has 20 heavy (non-hydrogen) atoms. The van der Waals surface area contributed by atoms with Gasteiger partial charge in [0.25, 0.3) is 0 Å². The predicted molar refractivity (Wildman–Crippen MR) is 57.8 cm³/mol. The highest BCUT2D eigenvalue weighted by Gasteiger charge is 2.35. The highest BCUT2D eigenvalue weighted by molar-refractivity contribution is 5.75. The Morgan fingerprint density at radius 1 is 1.30 bits per heavy atom. The number of esters is 1. The van der Waals surface area contributed by atoms with Gasteiger partial charge in [0.05, 0.1) is 7.11 Å². The van der Waals surface area contributed by atoms with Crippen LogP contribution in [0.5, 0.6) is 11.5 Å². The number of aliphatic hydroxyl groups excluding tert-OH is 2. The number of hydrogen-bond donors (Lipinski definition) is 3. The maximum atomic E-state index is 12.2. The number of rotatable bonds is 4. The summed E-state index contributed by atoms with van der Waals surface area (Å²) in [5.41, 5.74) is -0.611. The first kappa shape index (κ1) is 16.1. The zero-order chi connectivity index (χ0) is 15.5. The van der Waals surface area contributed by atoms with Crippen LogP contribution in [0.25, 0.3) is 0 Å². The highest BCUT2D eigenvalue weighted by Crippen LogP contribution is 2.34. The number of aliphatic hydroxyl groups is 2. The average Bonchev–Trinajstić information content (AvgIpc) is 2.36. The van der Waals surface area contributed by atoms with Gasteiger partial charge in [-0.15, -0.1) is 13.2 Å². The normalized spacial score (nSPS) is 14.5. The number of carbonyl (C=O) groups is 1. The van der Waals surface area contributed by atoms with E-state index in [2.05, 4.69) is 9.47 Å². The summed E-state index contributed by atoms with van der Waals surface area (Å²) in [6.45, 7) is 0. The fourth-order valence-corrected chi connectivity index (χ4v) is 1.40. The molecule has 6 nitrogen and oxygen atoms in total. The largest absolute Gasteiger partial charge is 0.573 e. The number of hydrogen-bond acceptors (Lipinski definition) is 6. The molecule has 0 amide bonds. The van der Waals surface area contributed by atoms with Gasteiger partial charge in [0.2, 0.25) is 0 Å². The lowest BCUT2D eigenvalue weighted by Crippen LogP contribution is -2.30. The van der Waals surface area contributed by atoms with Crippen LogP contribution in [-0.2, 0) is 9.53 Å². The summed E-state index contributed by atoms with van der Waals surface area (Å²) in [5.74, 6) is -2.59. The van der Waals surface area contributed by atoms with Crippen LogP contribution < -0.4 is 4.74 Å². The number of aromatic hydroxyl groups is 1. The molecule has 0 heterocycles. The van der Waals surface area contributed by atoms with Crippen LogP contribution >= 0.6 is 0 Å². The van der Waals surface area contributed by atoms with Crippen LogP contribution in [0, 0.1) is 0 Å². The van der Waals surface area contributed by atoms with Crippen molar-refractivity contribution in [3.63, 3.8) is 0 Å². The van der Waals surface area contributed by atoms with Gasteiger partial charge >= 0.3 is 12.3 Å². The molecule has 2 atom stereocenters. The van der Waals surface area contributed by atoms with E-state index in [1.54, 1.807) is 0 Å². The van der Waals surface area contributed by atoms with E-state index >= 15 is 0 Å². The van der Waals surface area contributed by atoms with Crippen molar-refractivity contribution >= 4 is 5.97 Å². The maximum Gasteiger partial charge on any atom is 0.573 e.